The molecule has 0 bridgehead atoms. The van der Waals surface area contributed by atoms with Crippen LogP contribution >= 0.6 is 11.6 Å². The molecule has 1 aliphatic heterocycles. The highest BCUT2D eigenvalue weighted by Gasteiger charge is 2.32. The van der Waals surface area contributed by atoms with Gasteiger partial charge in [0.05, 0.1) is 12.1 Å². The molecule has 4 nitrogen and oxygen atoms in total. The molecule has 0 saturated carbocycles. The van der Waals surface area contributed by atoms with Crippen LogP contribution in [0, 0.1) is 0 Å². The van der Waals surface area contributed by atoms with Gasteiger partial charge >= 0.3 is 0 Å². The van der Waals surface area contributed by atoms with Gasteiger partial charge in [0.2, 0.25) is 11.5 Å². The number of anilines is 1. The van der Waals surface area contributed by atoms with Crippen molar-refractivity contribution in [3.05, 3.63) is 58.8 Å². The Bertz CT molecular complexity index is 881. The smallest absolute Gasteiger partial charge is 0.251 e. The minimum absolute atomic E-state index is 0.714. The summed E-state index contributed by atoms with van der Waals surface area (Å²) in [5.41, 5.74) is 6.15. The SMILES string of the molecule is CC1=C(Cl)CC2=[NH+]c3cc(-c4ccccc4)nnc3N(C)C2=C1. The number of hydrogen-bond donors (Lipinski definition) is 1. The molecule has 2 aromatic rings. The third-order valence-corrected chi connectivity index (χ3v) is 4.66. The molecule has 0 spiro atoms. The molecule has 1 aromatic heterocycles. The van der Waals surface area contributed by atoms with Crippen molar-refractivity contribution in [3.8, 4) is 11.3 Å². The van der Waals surface area contributed by atoms with Crippen molar-refractivity contribution in [2.45, 2.75) is 13.3 Å². The zero-order valence-corrected chi connectivity index (χ0v) is 13.7. The second-order valence-corrected chi connectivity index (χ2v) is 6.25. The molecule has 0 fully saturated rings. The van der Waals surface area contributed by atoms with Crippen LogP contribution in [0.4, 0.5) is 11.5 Å². The highest BCUT2D eigenvalue weighted by Crippen LogP contribution is 2.32. The number of aromatic nitrogens is 2. The van der Waals surface area contributed by atoms with Gasteiger partial charge < -0.3 is 4.90 Å². The van der Waals surface area contributed by atoms with E-state index in [-0.39, 0.29) is 0 Å². The van der Waals surface area contributed by atoms with E-state index < -0.39 is 0 Å². The van der Waals surface area contributed by atoms with Gasteiger partial charge in [0, 0.05) is 23.7 Å². The molecule has 1 N–H and O–H groups in total. The monoisotopic (exact) mass is 323 g/mol. The molecule has 1 aliphatic carbocycles. The maximum atomic E-state index is 6.32. The third-order valence-electron chi connectivity index (χ3n) is 4.23. The van der Waals surface area contributed by atoms with Crippen LogP contribution in [-0.2, 0) is 0 Å². The van der Waals surface area contributed by atoms with Crippen molar-refractivity contribution < 1.29 is 4.99 Å². The van der Waals surface area contributed by atoms with Crippen molar-refractivity contribution in [3.63, 3.8) is 0 Å². The van der Waals surface area contributed by atoms with E-state index in [1.54, 1.807) is 0 Å². The molecule has 0 unspecified atom stereocenters. The molecule has 2 aliphatic rings. The van der Waals surface area contributed by atoms with Crippen LogP contribution in [0.25, 0.3) is 11.3 Å². The van der Waals surface area contributed by atoms with E-state index >= 15 is 0 Å². The van der Waals surface area contributed by atoms with E-state index in [0.29, 0.717) is 6.42 Å². The number of hydrogen-bond acceptors (Lipinski definition) is 3. The van der Waals surface area contributed by atoms with Crippen molar-refractivity contribution >= 4 is 28.8 Å². The summed E-state index contributed by atoms with van der Waals surface area (Å²) in [5.74, 6) is 0.825. The van der Waals surface area contributed by atoms with Crippen LogP contribution in [0.2, 0.25) is 0 Å². The van der Waals surface area contributed by atoms with Gasteiger partial charge in [-0.25, -0.2) is 4.99 Å². The highest BCUT2D eigenvalue weighted by molar-refractivity contribution is 6.32. The zero-order valence-electron chi connectivity index (χ0n) is 13.0. The van der Waals surface area contributed by atoms with Crippen molar-refractivity contribution in [1.29, 1.82) is 0 Å². The van der Waals surface area contributed by atoms with Gasteiger partial charge in [0.25, 0.3) is 5.69 Å². The maximum absolute atomic E-state index is 6.32. The fraction of sp³-hybridized carbons (Fsp3) is 0.167. The Hall–Kier alpha value is -2.46. The van der Waals surface area contributed by atoms with Gasteiger partial charge in [-0.15, -0.1) is 10.2 Å². The second-order valence-electron chi connectivity index (χ2n) is 5.79. The first-order valence-electron chi connectivity index (χ1n) is 7.50. The number of benzene rings is 1. The summed E-state index contributed by atoms with van der Waals surface area (Å²) < 4.78 is 0. The van der Waals surface area contributed by atoms with Gasteiger partial charge in [-0.3, -0.25) is 0 Å². The fourth-order valence-electron chi connectivity index (χ4n) is 2.91. The summed E-state index contributed by atoms with van der Waals surface area (Å²) in [4.78, 5) is 5.54. The number of rotatable bonds is 1. The van der Waals surface area contributed by atoms with Gasteiger partial charge in [-0.1, -0.05) is 41.9 Å². The molecular formula is C18H16ClN4+. The van der Waals surface area contributed by atoms with Gasteiger partial charge in [0.1, 0.15) is 5.70 Å². The number of nitrogens with one attached hydrogen (secondary N) is 1. The van der Waals surface area contributed by atoms with E-state index in [9.17, 15) is 0 Å². The first-order chi connectivity index (χ1) is 11.1. The van der Waals surface area contributed by atoms with Crippen molar-refractivity contribution in [2.75, 3.05) is 11.9 Å². The van der Waals surface area contributed by atoms with Gasteiger partial charge in [-0.2, -0.15) is 0 Å². The average molecular weight is 324 g/mol. The number of halogens is 1. The lowest BCUT2D eigenvalue weighted by atomic mass is 10.0. The topological polar surface area (TPSA) is 43.0 Å². The van der Waals surface area contributed by atoms with Crippen LogP contribution in [0.3, 0.4) is 0 Å². The Morgan fingerprint density at radius 2 is 1.96 bits per heavy atom. The summed E-state index contributed by atoms with van der Waals surface area (Å²) in [5, 5.41) is 9.67. The number of fused-ring (bicyclic) bond motifs is 2. The van der Waals surface area contributed by atoms with Crippen LogP contribution in [0.1, 0.15) is 13.3 Å². The average Bonchev–Trinajstić information content (AvgIpc) is 2.57. The maximum Gasteiger partial charge on any atom is 0.251 e. The van der Waals surface area contributed by atoms with Crippen LogP contribution in [-0.4, -0.2) is 23.0 Å². The molecule has 114 valence electrons. The van der Waals surface area contributed by atoms with E-state index in [2.05, 4.69) is 26.2 Å². The third kappa shape index (κ3) is 2.35. The van der Waals surface area contributed by atoms with E-state index in [0.717, 1.165) is 44.8 Å². The summed E-state index contributed by atoms with van der Waals surface area (Å²) in [6, 6.07) is 12.1. The lowest BCUT2D eigenvalue weighted by molar-refractivity contribution is -0.355. The van der Waals surface area contributed by atoms with Crippen LogP contribution in [0.15, 0.2) is 58.8 Å². The van der Waals surface area contributed by atoms with E-state index in [4.69, 9.17) is 11.6 Å². The molecule has 0 saturated heterocycles. The molecule has 5 heteroatoms. The number of allylic oxidation sites excluding steroid dienone is 4. The minimum Gasteiger partial charge on any atom is -0.317 e. The van der Waals surface area contributed by atoms with Gasteiger partial charge in [0.15, 0.2) is 0 Å². The normalized spacial score (nSPS) is 16.6. The standard InChI is InChI=1S/C18H15ClN4/c1-11-8-17-15(9-13(11)19)20-16-10-14(12-6-4-3-5-7-12)21-22-18(16)23(17)2/h3-8,10H,9H2,1-2H3/p+1. The Morgan fingerprint density at radius 1 is 1.17 bits per heavy atom. The molecule has 23 heavy (non-hydrogen) atoms. The predicted octanol–water partition coefficient (Wildman–Crippen LogP) is 2.55. The van der Waals surface area contributed by atoms with Crippen molar-refractivity contribution in [1.82, 2.24) is 10.2 Å². The molecule has 1 aromatic carbocycles. The van der Waals surface area contributed by atoms with Crippen LogP contribution < -0.4 is 9.89 Å². The molecular weight excluding hydrogens is 308 g/mol. The Morgan fingerprint density at radius 3 is 2.74 bits per heavy atom. The molecule has 2 heterocycles. The Kier molecular flexibility index (Phi) is 3.27. The summed E-state index contributed by atoms with van der Waals surface area (Å²) in [7, 11) is 2.01. The van der Waals surface area contributed by atoms with Crippen molar-refractivity contribution in [2.24, 2.45) is 0 Å². The molecule has 0 amide bonds. The summed E-state index contributed by atoms with van der Waals surface area (Å²) >= 11 is 6.32. The highest BCUT2D eigenvalue weighted by atomic mass is 35.5. The summed E-state index contributed by atoms with van der Waals surface area (Å²) in [6.07, 6.45) is 2.80. The lowest BCUT2D eigenvalue weighted by Crippen LogP contribution is -2.71. The van der Waals surface area contributed by atoms with Gasteiger partial charge in [-0.05, 0) is 18.6 Å². The minimum atomic E-state index is 0.714. The Balaban J connectivity index is 1.82. The molecule has 4 rings (SSSR count). The second kappa shape index (κ2) is 5.32. The fourth-order valence-corrected chi connectivity index (χ4v) is 3.10. The quantitative estimate of drug-likeness (QED) is 0.877. The zero-order chi connectivity index (χ0) is 16.0. The van der Waals surface area contributed by atoms with E-state index in [1.165, 1.54) is 0 Å². The molecule has 0 radical (unpaired) electrons. The lowest BCUT2D eigenvalue weighted by Gasteiger charge is -2.26. The molecule has 0 atom stereocenters. The van der Waals surface area contributed by atoms with E-state index in [1.807, 2.05) is 50.4 Å². The largest absolute Gasteiger partial charge is 0.317 e. The van der Waals surface area contributed by atoms with Crippen LogP contribution in [0.5, 0.6) is 0 Å². The first kappa shape index (κ1) is 14.2. The summed E-state index contributed by atoms with van der Waals surface area (Å²) in [6.45, 7) is 2.03. The Labute approximate surface area is 139 Å². The predicted molar refractivity (Wildman–Crippen MR) is 92.8 cm³/mol. The number of nitrogens with zero attached hydrogens (tertiary/aromatic N) is 3. The first-order valence-corrected chi connectivity index (χ1v) is 7.88.